The summed E-state index contributed by atoms with van der Waals surface area (Å²) in [5.74, 6) is 0. The van der Waals surface area contributed by atoms with Gasteiger partial charge < -0.3 is 5.32 Å². The molecule has 0 heterocycles. The van der Waals surface area contributed by atoms with Crippen LogP contribution in [0.15, 0.2) is 29.2 Å². The minimum Gasteiger partial charge on any atom is -0.362 e. The fourth-order valence-corrected chi connectivity index (χ4v) is 2.70. The molecule has 0 fully saturated rings. The molecule has 17 heavy (non-hydrogen) atoms. The van der Waals surface area contributed by atoms with Crippen molar-refractivity contribution in [1.29, 1.82) is 0 Å². The fourth-order valence-electron chi connectivity index (χ4n) is 1.24. The molecule has 2 N–H and O–H groups in total. The third-order valence-corrected chi connectivity index (χ3v) is 3.79. The van der Waals surface area contributed by atoms with Crippen LogP contribution in [-0.4, -0.2) is 20.1 Å². The van der Waals surface area contributed by atoms with E-state index in [1.807, 2.05) is 19.9 Å². The van der Waals surface area contributed by atoms with Gasteiger partial charge in [-0.25, -0.2) is 8.42 Å². The Labute approximate surface area is 107 Å². The molecule has 1 rings (SSSR count). The highest BCUT2D eigenvalue weighted by atomic mass is 32.2. The van der Waals surface area contributed by atoms with E-state index in [2.05, 4.69) is 10.0 Å². The van der Waals surface area contributed by atoms with Gasteiger partial charge in [0.25, 0.3) is 10.0 Å². The molecular formula is C11H16N2O2S2. The van der Waals surface area contributed by atoms with Crippen LogP contribution in [0.25, 0.3) is 0 Å². The average Bonchev–Trinajstić information content (AvgIpc) is 2.26. The first-order valence-electron chi connectivity index (χ1n) is 5.33. The van der Waals surface area contributed by atoms with Crippen LogP contribution < -0.4 is 10.0 Å². The number of hydrogen-bond acceptors (Lipinski definition) is 3. The maximum absolute atomic E-state index is 11.9. The first-order chi connectivity index (χ1) is 7.95. The number of rotatable bonds is 4. The normalized spacial score (nSPS) is 10.9. The van der Waals surface area contributed by atoms with Gasteiger partial charge in [0.1, 0.15) is 0 Å². The smallest absolute Gasteiger partial charge is 0.263 e. The SMILES string of the molecule is CCCNC(=S)NS(=O)(=O)c1cccc(C)c1. The van der Waals surface area contributed by atoms with Crippen molar-refractivity contribution in [2.75, 3.05) is 6.54 Å². The van der Waals surface area contributed by atoms with Crippen molar-refractivity contribution in [1.82, 2.24) is 10.0 Å². The summed E-state index contributed by atoms with van der Waals surface area (Å²) in [7, 11) is -3.57. The van der Waals surface area contributed by atoms with Crippen LogP contribution >= 0.6 is 12.2 Å². The maximum Gasteiger partial charge on any atom is 0.263 e. The second kappa shape index (κ2) is 5.97. The molecule has 0 spiro atoms. The lowest BCUT2D eigenvalue weighted by Gasteiger charge is -2.10. The summed E-state index contributed by atoms with van der Waals surface area (Å²) < 4.78 is 26.2. The Kier molecular flexibility index (Phi) is 4.89. The van der Waals surface area contributed by atoms with Gasteiger partial charge in [-0.15, -0.1) is 0 Å². The van der Waals surface area contributed by atoms with Crippen LogP contribution in [0.2, 0.25) is 0 Å². The van der Waals surface area contributed by atoms with Crippen molar-refractivity contribution in [3.63, 3.8) is 0 Å². The zero-order chi connectivity index (χ0) is 12.9. The van der Waals surface area contributed by atoms with Gasteiger partial charge in [-0.05, 0) is 43.3 Å². The summed E-state index contributed by atoms with van der Waals surface area (Å²) in [6, 6.07) is 6.68. The van der Waals surface area contributed by atoms with Crippen molar-refractivity contribution in [3.05, 3.63) is 29.8 Å². The monoisotopic (exact) mass is 272 g/mol. The van der Waals surface area contributed by atoms with E-state index >= 15 is 0 Å². The number of benzene rings is 1. The van der Waals surface area contributed by atoms with Crippen LogP contribution in [0.4, 0.5) is 0 Å². The van der Waals surface area contributed by atoms with Crippen LogP contribution in [0.5, 0.6) is 0 Å². The molecule has 0 aromatic heterocycles. The third-order valence-electron chi connectivity index (χ3n) is 2.06. The highest BCUT2D eigenvalue weighted by molar-refractivity contribution is 7.91. The van der Waals surface area contributed by atoms with E-state index in [-0.39, 0.29) is 10.0 Å². The second-order valence-electron chi connectivity index (χ2n) is 3.68. The van der Waals surface area contributed by atoms with Crippen molar-refractivity contribution < 1.29 is 8.42 Å². The van der Waals surface area contributed by atoms with Gasteiger partial charge in [0.05, 0.1) is 4.90 Å². The quantitative estimate of drug-likeness (QED) is 0.817. The van der Waals surface area contributed by atoms with E-state index in [1.54, 1.807) is 12.1 Å². The largest absolute Gasteiger partial charge is 0.362 e. The van der Waals surface area contributed by atoms with Gasteiger partial charge in [0.15, 0.2) is 5.11 Å². The van der Waals surface area contributed by atoms with Crippen LogP contribution in [-0.2, 0) is 10.0 Å². The molecule has 0 atom stereocenters. The predicted molar refractivity (Wildman–Crippen MR) is 72.4 cm³/mol. The summed E-state index contributed by atoms with van der Waals surface area (Å²) in [4.78, 5) is 0.221. The minimum atomic E-state index is -3.57. The zero-order valence-electron chi connectivity index (χ0n) is 9.86. The topological polar surface area (TPSA) is 58.2 Å². The second-order valence-corrected chi connectivity index (χ2v) is 5.77. The molecule has 0 radical (unpaired) electrons. The van der Waals surface area contributed by atoms with E-state index in [0.717, 1.165) is 12.0 Å². The zero-order valence-corrected chi connectivity index (χ0v) is 11.5. The molecule has 0 saturated carbocycles. The summed E-state index contributed by atoms with van der Waals surface area (Å²) in [5, 5.41) is 2.95. The first-order valence-corrected chi connectivity index (χ1v) is 7.22. The lowest BCUT2D eigenvalue weighted by Crippen LogP contribution is -2.39. The number of thiocarbonyl (C=S) groups is 1. The van der Waals surface area contributed by atoms with E-state index in [1.165, 1.54) is 6.07 Å². The molecule has 0 aliphatic carbocycles. The Balaban J connectivity index is 2.79. The van der Waals surface area contributed by atoms with Crippen LogP contribution in [0, 0.1) is 6.92 Å². The lowest BCUT2D eigenvalue weighted by atomic mass is 10.2. The summed E-state index contributed by atoms with van der Waals surface area (Å²) >= 11 is 4.90. The van der Waals surface area contributed by atoms with E-state index in [9.17, 15) is 8.42 Å². The summed E-state index contributed by atoms with van der Waals surface area (Å²) in [6.45, 7) is 4.46. The third kappa shape index (κ3) is 4.32. The molecule has 0 bridgehead atoms. The van der Waals surface area contributed by atoms with E-state index in [0.29, 0.717) is 6.54 Å². The van der Waals surface area contributed by atoms with Gasteiger partial charge in [0, 0.05) is 6.54 Å². The van der Waals surface area contributed by atoms with Gasteiger partial charge in [-0.1, -0.05) is 19.1 Å². The standard InChI is InChI=1S/C11H16N2O2S2/c1-3-7-12-11(16)13-17(14,15)10-6-4-5-9(2)8-10/h4-6,8H,3,7H2,1-2H3,(H2,12,13,16). The van der Waals surface area contributed by atoms with E-state index in [4.69, 9.17) is 12.2 Å². The Bertz CT molecular complexity index is 498. The molecule has 0 aliphatic heterocycles. The number of hydrogen-bond donors (Lipinski definition) is 2. The Morgan fingerprint density at radius 1 is 1.41 bits per heavy atom. The van der Waals surface area contributed by atoms with Crippen LogP contribution in [0.1, 0.15) is 18.9 Å². The van der Waals surface area contributed by atoms with Gasteiger partial charge in [0.2, 0.25) is 0 Å². The molecule has 94 valence electrons. The molecule has 1 aromatic rings. The van der Waals surface area contributed by atoms with Crippen molar-refractivity contribution in [3.8, 4) is 0 Å². The maximum atomic E-state index is 11.9. The average molecular weight is 272 g/mol. The van der Waals surface area contributed by atoms with Crippen LogP contribution in [0.3, 0.4) is 0 Å². The number of nitrogens with one attached hydrogen (secondary N) is 2. The minimum absolute atomic E-state index is 0.133. The molecule has 0 amide bonds. The molecule has 0 saturated heterocycles. The highest BCUT2D eigenvalue weighted by Crippen LogP contribution is 2.10. The van der Waals surface area contributed by atoms with Gasteiger partial charge in [-0.2, -0.15) is 0 Å². The molecule has 0 unspecified atom stereocenters. The molecule has 6 heteroatoms. The van der Waals surface area contributed by atoms with E-state index < -0.39 is 10.0 Å². The lowest BCUT2D eigenvalue weighted by molar-refractivity contribution is 0.592. The van der Waals surface area contributed by atoms with Crippen molar-refractivity contribution in [2.24, 2.45) is 0 Å². The summed E-state index contributed by atoms with van der Waals surface area (Å²) in [6.07, 6.45) is 0.881. The Morgan fingerprint density at radius 3 is 2.71 bits per heavy atom. The Hall–Kier alpha value is -1.14. The predicted octanol–water partition coefficient (Wildman–Crippen LogP) is 1.56. The van der Waals surface area contributed by atoms with Gasteiger partial charge in [-0.3, -0.25) is 4.72 Å². The highest BCUT2D eigenvalue weighted by Gasteiger charge is 2.14. The Morgan fingerprint density at radius 2 is 2.12 bits per heavy atom. The molecular weight excluding hydrogens is 256 g/mol. The summed E-state index contributed by atoms with van der Waals surface area (Å²) in [5.41, 5.74) is 0.889. The van der Waals surface area contributed by atoms with Gasteiger partial charge >= 0.3 is 0 Å². The molecule has 4 nitrogen and oxygen atoms in total. The molecule has 0 aliphatic rings. The van der Waals surface area contributed by atoms with Crippen molar-refractivity contribution in [2.45, 2.75) is 25.2 Å². The number of sulfonamides is 1. The first kappa shape index (κ1) is 13.9. The fraction of sp³-hybridized carbons (Fsp3) is 0.364. The number of aryl methyl sites for hydroxylation is 1. The van der Waals surface area contributed by atoms with Crippen molar-refractivity contribution >= 4 is 27.4 Å². The molecule has 1 aromatic carbocycles.